The highest BCUT2D eigenvalue weighted by Crippen LogP contribution is 2.28. The van der Waals surface area contributed by atoms with Crippen LogP contribution in [0.1, 0.15) is 41.6 Å². The molecule has 1 amide bonds. The molecule has 7 nitrogen and oxygen atoms in total. The van der Waals surface area contributed by atoms with Crippen LogP contribution < -0.4 is 10.1 Å². The number of methoxy groups -OCH3 is 1. The van der Waals surface area contributed by atoms with Gasteiger partial charge in [-0.05, 0) is 30.5 Å². The molecule has 2 atom stereocenters. The van der Waals surface area contributed by atoms with E-state index in [0.29, 0.717) is 40.5 Å². The number of halogens is 1. The maximum Gasteiger partial charge on any atom is 0.255 e. The number of hydrogen-bond donors (Lipinski definition) is 2. The Kier molecular flexibility index (Phi) is 5.69. The molecule has 152 valence electrons. The number of aromatic nitrogens is 3. The highest BCUT2D eigenvalue weighted by molar-refractivity contribution is 6.35. The van der Waals surface area contributed by atoms with E-state index in [1.54, 1.807) is 31.8 Å². The van der Waals surface area contributed by atoms with Crippen LogP contribution in [0.4, 0.5) is 0 Å². The molecule has 1 saturated carbocycles. The number of hydrogen-bond acceptors (Lipinski definition) is 5. The number of carbonyl (C=O) groups is 1. The summed E-state index contributed by atoms with van der Waals surface area (Å²) in [5.41, 5.74) is 2.64. The molecular weight excluding hydrogens is 392 g/mol. The Bertz CT molecular complexity index is 1040. The summed E-state index contributed by atoms with van der Waals surface area (Å²) in [5.74, 6) is 0.272. The first-order valence-electron chi connectivity index (χ1n) is 9.68. The van der Waals surface area contributed by atoms with E-state index in [2.05, 4.69) is 15.3 Å². The predicted molar refractivity (Wildman–Crippen MR) is 110 cm³/mol. The van der Waals surface area contributed by atoms with Crippen LogP contribution in [0.3, 0.4) is 0 Å². The van der Waals surface area contributed by atoms with E-state index in [0.717, 1.165) is 24.8 Å². The molecule has 0 unspecified atom stereocenters. The Morgan fingerprint density at radius 1 is 1.31 bits per heavy atom. The van der Waals surface area contributed by atoms with Crippen molar-refractivity contribution >= 4 is 28.5 Å². The molecule has 0 aromatic carbocycles. The molecule has 0 spiro atoms. The van der Waals surface area contributed by atoms with E-state index in [-0.39, 0.29) is 11.9 Å². The third-order valence-corrected chi connectivity index (χ3v) is 5.66. The minimum Gasteiger partial charge on any atom is -0.481 e. The molecule has 3 aromatic rings. The van der Waals surface area contributed by atoms with E-state index in [1.165, 1.54) is 0 Å². The van der Waals surface area contributed by atoms with Crippen LogP contribution in [0.5, 0.6) is 5.88 Å². The highest BCUT2D eigenvalue weighted by atomic mass is 35.5. The van der Waals surface area contributed by atoms with Crippen molar-refractivity contribution in [3.63, 3.8) is 0 Å². The van der Waals surface area contributed by atoms with Gasteiger partial charge in [0.05, 0.1) is 35.4 Å². The summed E-state index contributed by atoms with van der Waals surface area (Å²) in [6.45, 7) is 0.486. The quantitative estimate of drug-likeness (QED) is 0.669. The zero-order chi connectivity index (χ0) is 20.4. The second kappa shape index (κ2) is 8.39. The Hall–Kier alpha value is -2.64. The van der Waals surface area contributed by atoms with Gasteiger partial charge in [-0.2, -0.15) is 0 Å². The van der Waals surface area contributed by atoms with Crippen LogP contribution in [0.2, 0.25) is 5.02 Å². The van der Waals surface area contributed by atoms with E-state index >= 15 is 0 Å². The van der Waals surface area contributed by atoms with Gasteiger partial charge in [0.25, 0.3) is 5.91 Å². The van der Waals surface area contributed by atoms with Crippen molar-refractivity contribution in [3.05, 3.63) is 52.9 Å². The number of rotatable bonds is 5. The number of amides is 1. The van der Waals surface area contributed by atoms with E-state index in [1.807, 2.05) is 16.7 Å². The Morgan fingerprint density at radius 3 is 2.90 bits per heavy atom. The molecule has 2 N–H and O–H groups in total. The molecule has 29 heavy (non-hydrogen) atoms. The number of carbonyl (C=O) groups excluding carboxylic acids is 1. The van der Waals surface area contributed by atoms with Gasteiger partial charge in [-0.25, -0.2) is 4.98 Å². The van der Waals surface area contributed by atoms with Crippen LogP contribution in [-0.4, -0.2) is 44.8 Å². The summed E-state index contributed by atoms with van der Waals surface area (Å²) in [5, 5.41) is 13.7. The summed E-state index contributed by atoms with van der Waals surface area (Å²) < 4.78 is 7.10. The average molecular weight is 415 g/mol. The van der Waals surface area contributed by atoms with Crippen molar-refractivity contribution in [3.8, 4) is 5.88 Å². The van der Waals surface area contributed by atoms with Crippen LogP contribution in [0.25, 0.3) is 11.0 Å². The molecule has 1 fully saturated rings. The molecule has 8 heteroatoms. The first-order chi connectivity index (χ1) is 14.1. The summed E-state index contributed by atoms with van der Waals surface area (Å²) in [6.07, 6.45) is 7.99. The molecular formula is C21H23ClN4O3. The van der Waals surface area contributed by atoms with Gasteiger partial charge in [-0.3, -0.25) is 9.78 Å². The fourth-order valence-corrected chi connectivity index (χ4v) is 4.11. The minimum absolute atomic E-state index is 0.238. The summed E-state index contributed by atoms with van der Waals surface area (Å²) in [7, 11) is 1.57. The third kappa shape index (κ3) is 4.06. The molecule has 4 rings (SSSR count). The smallest absolute Gasteiger partial charge is 0.255 e. The van der Waals surface area contributed by atoms with Crippen molar-refractivity contribution in [1.29, 1.82) is 0 Å². The van der Waals surface area contributed by atoms with Gasteiger partial charge < -0.3 is 19.7 Å². The molecule has 3 heterocycles. The lowest BCUT2D eigenvalue weighted by Gasteiger charge is -2.28. The van der Waals surface area contributed by atoms with Crippen LogP contribution in [-0.2, 0) is 6.54 Å². The Labute approximate surface area is 173 Å². The lowest BCUT2D eigenvalue weighted by atomic mass is 9.92. The van der Waals surface area contributed by atoms with E-state index < -0.39 is 6.10 Å². The van der Waals surface area contributed by atoms with Crippen molar-refractivity contribution in [2.24, 2.45) is 0 Å². The molecule has 0 aliphatic heterocycles. The lowest BCUT2D eigenvalue weighted by Crippen LogP contribution is -2.45. The number of ether oxygens (including phenoxy) is 1. The number of fused-ring (bicyclic) bond motifs is 1. The maximum atomic E-state index is 13.0. The first kappa shape index (κ1) is 19.7. The number of aliphatic hydroxyl groups excluding tert-OH is 1. The van der Waals surface area contributed by atoms with E-state index in [9.17, 15) is 9.90 Å². The van der Waals surface area contributed by atoms with Crippen LogP contribution in [0.15, 0.2) is 36.8 Å². The second-order valence-corrected chi connectivity index (χ2v) is 7.71. The molecule has 0 radical (unpaired) electrons. The fraction of sp³-hybridized carbons (Fsp3) is 0.381. The summed E-state index contributed by atoms with van der Waals surface area (Å²) in [4.78, 5) is 21.5. The average Bonchev–Trinajstić information content (AvgIpc) is 3.09. The number of aliphatic hydroxyl groups is 1. The molecule has 1 aliphatic rings. The Morgan fingerprint density at radius 2 is 2.10 bits per heavy atom. The van der Waals surface area contributed by atoms with Gasteiger partial charge in [0.2, 0.25) is 5.88 Å². The summed E-state index contributed by atoms with van der Waals surface area (Å²) >= 11 is 6.45. The Balaban J connectivity index is 1.68. The first-order valence-corrected chi connectivity index (χ1v) is 10.1. The van der Waals surface area contributed by atoms with Gasteiger partial charge in [0.15, 0.2) is 0 Å². The normalized spacial score (nSPS) is 19.3. The van der Waals surface area contributed by atoms with Gasteiger partial charge >= 0.3 is 0 Å². The fourth-order valence-electron chi connectivity index (χ4n) is 3.86. The largest absolute Gasteiger partial charge is 0.481 e. The highest BCUT2D eigenvalue weighted by Gasteiger charge is 2.27. The third-order valence-electron chi connectivity index (χ3n) is 5.35. The number of nitrogens with zero attached hydrogens (tertiary/aromatic N) is 3. The van der Waals surface area contributed by atoms with Crippen molar-refractivity contribution < 1.29 is 14.6 Å². The van der Waals surface area contributed by atoms with Crippen molar-refractivity contribution in [2.45, 2.75) is 44.4 Å². The summed E-state index contributed by atoms with van der Waals surface area (Å²) in [6, 6.07) is 5.20. The SMILES string of the molecule is COc1cc(Cn2cc(C(=O)N[C@H]3CCCC[C@@H]3O)c3nccc(Cl)c32)ccn1. The van der Waals surface area contributed by atoms with Crippen LogP contribution in [0, 0.1) is 0 Å². The molecule has 0 bridgehead atoms. The zero-order valence-electron chi connectivity index (χ0n) is 16.1. The minimum atomic E-state index is -0.512. The van der Waals surface area contributed by atoms with Gasteiger partial charge in [-0.1, -0.05) is 24.4 Å². The number of pyridine rings is 2. The number of nitrogens with one attached hydrogen (secondary N) is 1. The van der Waals surface area contributed by atoms with Gasteiger partial charge in [0, 0.05) is 31.2 Å². The van der Waals surface area contributed by atoms with Crippen molar-refractivity contribution in [2.75, 3.05) is 7.11 Å². The predicted octanol–water partition coefficient (Wildman–Crippen LogP) is 3.17. The topological polar surface area (TPSA) is 89.3 Å². The lowest BCUT2D eigenvalue weighted by molar-refractivity contribution is 0.0718. The molecule has 1 aliphatic carbocycles. The second-order valence-electron chi connectivity index (χ2n) is 7.30. The molecule has 0 saturated heterocycles. The standard InChI is InChI=1S/C21H23ClN4O3/c1-29-18-10-13(6-8-23-18)11-26-12-14(19-20(26)15(22)7-9-24-19)21(28)25-16-4-2-3-5-17(16)27/h6-10,12,16-17,27H,2-5,11H2,1H3,(H,25,28)/t16-,17-/m0/s1. The monoisotopic (exact) mass is 414 g/mol. The van der Waals surface area contributed by atoms with Crippen LogP contribution >= 0.6 is 11.6 Å². The zero-order valence-corrected chi connectivity index (χ0v) is 16.9. The van der Waals surface area contributed by atoms with Gasteiger partial charge in [0.1, 0.15) is 5.52 Å². The van der Waals surface area contributed by atoms with E-state index in [4.69, 9.17) is 16.3 Å². The molecule has 3 aromatic heterocycles. The van der Waals surface area contributed by atoms with Gasteiger partial charge in [-0.15, -0.1) is 0 Å². The van der Waals surface area contributed by atoms with Crippen molar-refractivity contribution in [1.82, 2.24) is 19.9 Å². The maximum absolute atomic E-state index is 13.0.